The molecule has 2 aromatic rings. The Labute approximate surface area is 128 Å². The van der Waals surface area contributed by atoms with Gasteiger partial charge in [0.05, 0.1) is 9.75 Å². The van der Waals surface area contributed by atoms with Gasteiger partial charge in [-0.05, 0) is 24.3 Å². The molecule has 0 spiro atoms. The van der Waals surface area contributed by atoms with Crippen LogP contribution >= 0.6 is 22.9 Å². The summed E-state index contributed by atoms with van der Waals surface area (Å²) < 4.78 is 13.5. The van der Waals surface area contributed by atoms with Crippen LogP contribution in [0, 0.1) is 5.82 Å². The van der Waals surface area contributed by atoms with Crippen LogP contribution in [0.1, 0.15) is 24.9 Å². The van der Waals surface area contributed by atoms with Crippen molar-refractivity contribution in [2.45, 2.75) is 6.54 Å². The van der Waals surface area contributed by atoms with Crippen LogP contribution in [-0.2, 0) is 6.54 Å². The van der Waals surface area contributed by atoms with E-state index in [4.69, 9.17) is 16.8 Å². The van der Waals surface area contributed by atoms with Crippen LogP contribution in [-0.4, -0.2) is 17.0 Å². The van der Waals surface area contributed by atoms with Crippen LogP contribution in [0.4, 0.5) is 4.39 Å². The molecule has 5 nitrogen and oxygen atoms in total. The number of nitrogens with one attached hydrogen (secondary N) is 2. The maximum atomic E-state index is 13.5. The molecule has 0 unspecified atom stereocenters. The lowest BCUT2D eigenvalue weighted by Crippen LogP contribution is -2.22. The third-order valence-electron chi connectivity index (χ3n) is 2.64. The molecule has 0 aliphatic rings. The summed E-state index contributed by atoms with van der Waals surface area (Å²) in [5.74, 6) is -1.66. The number of hydrogen-bond acceptors (Lipinski definition) is 4. The minimum atomic E-state index is -0.698. The highest BCUT2D eigenvalue weighted by molar-refractivity contribution is 7.15. The highest BCUT2D eigenvalue weighted by atomic mass is 35.5. The second-order valence-electron chi connectivity index (χ2n) is 3.99. The van der Waals surface area contributed by atoms with Crippen LogP contribution in [0.2, 0.25) is 5.02 Å². The number of thiophene rings is 1. The molecule has 1 aromatic heterocycles. The summed E-state index contributed by atoms with van der Waals surface area (Å²) >= 11 is 6.76. The van der Waals surface area contributed by atoms with E-state index in [1.165, 1.54) is 35.8 Å². The Bertz CT molecular complexity index is 670. The Morgan fingerprint density at radius 3 is 2.48 bits per heavy atom. The number of hydroxylamine groups is 1. The molecule has 0 aliphatic carbocycles. The molecule has 0 saturated carbocycles. The third-order valence-corrected chi connectivity index (χ3v) is 4.08. The minimum absolute atomic E-state index is 0.0657. The molecule has 3 N–H and O–H groups in total. The zero-order chi connectivity index (χ0) is 15.4. The normalized spacial score (nSPS) is 10.2. The van der Waals surface area contributed by atoms with E-state index in [1.54, 1.807) is 0 Å². The number of carbonyl (C=O) groups is 2. The SMILES string of the molecule is O=C(NO)c1ccc(C(=O)NCc2c(F)cccc2Cl)s1. The highest BCUT2D eigenvalue weighted by Gasteiger charge is 2.14. The fraction of sp³-hybridized carbons (Fsp3) is 0.0769. The lowest BCUT2D eigenvalue weighted by atomic mass is 10.2. The van der Waals surface area contributed by atoms with Gasteiger partial charge >= 0.3 is 0 Å². The third kappa shape index (κ3) is 3.57. The predicted octanol–water partition coefficient (Wildman–Crippen LogP) is 2.59. The van der Waals surface area contributed by atoms with Crippen LogP contribution in [0.3, 0.4) is 0 Å². The summed E-state index contributed by atoms with van der Waals surface area (Å²) in [7, 11) is 0. The molecule has 110 valence electrons. The largest absolute Gasteiger partial charge is 0.347 e. The van der Waals surface area contributed by atoms with Crippen molar-refractivity contribution in [1.29, 1.82) is 0 Å². The van der Waals surface area contributed by atoms with Gasteiger partial charge in [0.25, 0.3) is 11.8 Å². The van der Waals surface area contributed by atoms with Crippen molar-refractivity contribution in [2.24, 2.45) is 0 Å². The van der Waals surface area contributed by atoms with E-state index >= 15 is 0 Å². The van der Waals surface area contributed by atoms with Gasteiger partial charge in [-0.2, -0.15) is 0 Å². The first-order valence-electron chi connectivity index (χ1n) is 5.78. The van der Waals surface area contributed by atoms with Gasteiger partial charge in [0, 0.05) is 17.1 Å². The quantitative estimate of drug-likeness (QED) is 0.596. The first kappa shape index (κ1) is 15.4. The van der Waals surface area contributed by atoms with Gasteiger partial charge in [-0.1, -0.05) is 17.7 Å². The van der Waals surface area contributed by atoms with Crippen molar-refractivity contribution < 1.29 is 19.2 Å². The number of hydrogen-bond donors (Lipinski definition) is 3. The molecule has 0 saturated heterocycles. The first-order valence-corrected chi connectivity index (χ1v) is 6.97. The molecule has 8 heteroatoms. The maximum absolute atomic E-state index is 13.5. The van der Waals surface area contributed by atoms with Gasteiger partial charge in [-0.3, -0.25) is 14.8 Å². The van der Waals surface area contributed by atoms with Crippen molar-refractivity contribution in [3.8, 4) is 0 Å². The van der Waals surface area contributed by atoms with E-state index < -0.39 is 17.6 Å². The molecule has 2 amide bonds. The fourth-order valence-electron chi connectivity index (χ4n) is 1.59. The Balaban J connectivity index is 2.05. The van der Waals surface area contributed by atoms with Gasteiger partial charge in [0.1, 0.15) is 5.82 Å². The van der Waals surface area contributed by atoms with Crippen LogP contribution in [0.5, 0.6) is 0 Å². The number of carbonyl (C=O) groups excluding carboxylic acids is 2. The number of benzene rings is 1. The summed E-state index contributed by atoms with van der Waals surface area (Å²) in [5.41, 5.74) is 1.67. The monoisotopic (exact) mass is 328 g/mol. The lowest BCUT2D eigenvalue weighted by Gasteiger charge is -2.07. The Hall–Kier alpha value is -1.96. The van der Waals surface area contributed by atoms with E-state index in [0.717, 1.165) is 11.3 Å². The average molecular weight is 329 g/mol. The average Bonchev–Trinajstić information content (AvgIpc) is 2.95. The van der Waals surface area contributed by atoms with E-state index in [2.05, 4.69) is 5.32 Å². The highest BCUT2D eigenvalue weighted by Crippen LogP contribution is 2.20. The molecule has 21 heavy (non-hydrogen) atoms. The van der Waals surface area contributed by atoms with E-state index in [0.29, 0.717) is 0 Å². The standard InChI is InChI=1S/C13H10ClFN2O3S/c14-8-2-1-3-9(15)7(8)6-16-12(18)10-4-5-11(21-10)13(19)17-20/h1-5,20H,6H2,(H,16,18)(H,17,19). The zero-order valence-electron chi connectivity index (χ0n) is 10.5. The second kappa shape index (κ2) is 6.66. The van der Waals surface area contributed by atoms with Gasteiger partial charge in [-0.25, -0.2) is 9.87 Å². The molecule has 0 aliphatic heterocycles. The maximum Gasteiger partial charge on any atom is 0.284 e. The zero-order valence-corrected chi connectivity index (χ0v) is 12.1. The van der Waals surface area contributed by atoms with Gasteiger partial charge in [-0.15, -0.1) is 11.3 Å². The number of amides is 2. The molecule has 0 atom stereocenters. The predicted molar refractivity (Wildman–Crippen MR) is 76.2 cm³/mol. The van der Waals surface area contributed by atoms with Gasteiger partial charge in [0.15, 0.2) is 0 Å². The topological polar surface area (TPSA) is 78.4 Å². The molecule has 0 bridgehead atoms. The molecule has 0 fully saturated rings. The van der Waals surface area contributed by atoms with Crippen LogP contribution in [0.15, 0.2) is 30.3 Å². The van der Waals surface area contributed by atoms with Crippen molar-refractivity contribution >= 4 is 34.8 Å². The van der Waals surface area contributed by atoms with Crippen molar-refractivity contribution in [1.82, 2.24) is 10.8 Å². The molecule has 0 radical (unpaired) electrons. The van der Waals surface area contributed by atoms with Crippen molar-refractivity contribution in [3.63, 3.8) is 0 Å². The first-order chi connectivity index (χ1) is 10.0. The second-order valence-corrected chi connectivity index (χ2v) is 5.48. The lowest BCUT2D eigenvalue weighted by molar-refractivity contribution is 0.0711. The summed E-state index contributed by atoms with van der Waals surface area (Å²) in [6.45, 7) is -0.0657. The van der Waals surface area contributed by atoms with Crippen molar-refractivity contribution in [3.05, 3.63) is 56.5 Å². The summed E-state index contributed by atoms with van der Waals surface area (Å²) in [6, 6.07) is 7.10. The summed E-state index contributed by atoms with van der Waals surface area (Å²) in [6.07, 6.45) is 0. The molecule has 1 heterocycles. The summed E-state index contributed by atoms with van der Waals surface area (Å²) in [4.78, 5) is 23.5. The minimum Gasteiger partial charge on any atom is -0.347 e. The van der Waals surface area contributed by atoms with Gasteiger partial charge in [0.2, 0.25) is 0 Å². The number of rotatable bonds is 4. The van der Waals surface area contributed by atoms with Gasteiger partial charge < -0.3 is 5.32 Å². The molecular weight excluding hydrogens is 319 g/mol. The molecule has 1 aromatic carbocycles. The molecule has 2 rings (SSSR count). The van der Waals surface area contributed by atoms with Crippen LogP contribution < -0.4 is 10.8 Å². The summed E-state index contributed by atoms with van der Waals surface area (Å²) in [5, 5.41) is 11.2. The number of halogens is 2. The smallest absolute Gasteiger partial charge is 0.284 e. The Morgan fingerprint density at radius 2 is 1.86 bits per heavy atom. The molecular formula is C13H10ClFN2O3S. The van der Waals surface area contributed by atoms with Crippen LogP contribution in [0.25, 0.3) is 0 Å². The van der Waals surface area contributed by atoms with Crippen molar-refractivity contribution in [2.75, 3.05) is 0 Å². The Morgan fingerprint density at radius 1 is 1.19 bits per heavy atom. The Kier molecular flexibility index (Phi) is 4.89. The van der Waals surface area contributed by atoms with E-state index in [1.807, 2.05) is 0 Å². The fourth-order valence-corrected chi connectivity index (χ4v) is 2.64. The van der Waals surface area contributed by atoms with E-state index in [9.17, 15) is 14.0 Å². The van der Waals surface area contributed by atoms with E-state index in [-0.39, 0.29) is 26.9 Å².